The Morgan fingerprint density at radius 1 is 0.773 bits per heavy atom. The van der Waals surface area contributed by atoms with Gasteiger partial charge in [-0.1, -0.05) is 83.6 Å². The van der Waals surface area contributed by atoms with Crippen molar-refractivity contribution >= 4 is 5.78 Å². The molecule has 0 heterocycles. The van der Waals surface area contributed by atoms with Gasteiger partial charge in [-0.25, -0.2) is 0 Å². The summed E-state index contributed by atoms with van der Waals surface area (Å²) >= 11 is 0. The highest BCUT2D eigenvalue weighted by Crippen LogP contribution is 2.03. The molecule has 1 heteroatoms. The molecule has 0 N–H and O–H groups in total. The van der Waals surface area contributed by atoms with Gasteiger partial charge in [-0.05, 0) is 38.3 Å². The van der Waals surface area contributed by atoms with Crippen LogP contribution in [0.1, 0.15) is 90.2 Å². The molecule has 1 aromatic carbocycles. The first-order valence-corrected chi connectivity index (χ1v) is 9.01. The molecule has 1 rings (SSSR count). The Bertz CT molecular complexity index is 328. The largest absolute Gasteiger partial charge is 0.300 e. The zero-order chi connectivity index (χ0) is 17.2. The summed E-state index contributed by atoms with van der Waals surface area (Å²) in [5, 5.41) is 0. The van der Waals surface area contributed by atoms with Crippen molar-refractivity contribution in [3.05, 3.63) is 35.4 Å². The van der Waals surface area contributed by atoms with Gasteiger partial charge in [0, 0.05) is 6.42 Å². The van der Waals surface area contributed by atoms with E-state index in [0.717, 1.165) is 12.8 Å². The molecule has 0 unspecified atom stereocenters. The molecule has 128 valence electrons. The van der Waals surface area contributed by atoms with E-state index in [4.69, 9.17) is 0 Å². The first kappa shape index (κ1) is 23.2. The molecular weight excluding hydrogens is 268 g/mol. The lowest BCUT2D eigenvalue weighted by atomic mass is 10.1. The molecule has 0 saturated carbocycles. The van der Waals surface area contributed by atoms with Crippen LogP contribution in [0.2, 0.25) is 0 Å². The Morgan fingerprint density at radius 2 is 1.18 bits per heavy atom. The van der Waals surface area contributed by atoms with E-state index >= 15 is 0 Å². The van der Waals surface area contributed by atoms with Crippen molar-refractivity contribution in [3.63, 3.8) is 0 Å². The number of rotatable bonds is 7. The Labute approximate surface area is 139 Å². The number of carbonyl (C=O) groups excluding carboxylic acids is 1. The lowest BCUT2D eigenvalue weighted by molar-refractivity contribution is -0.117. The van der Waals surface area contributed by atoms with Crippen LogP contribution in [-0.2, 0) is 4.79 Å². The molecule has 0 fully saturated rings. The molecule has 0 aromatic heterocycles. The summed E-state index contributed by atoms with van der Waals surface area (Å²) in [4.78, 5) is 10.0. The molecular formula is C21H38O. The van der Waals surface area contributed by atoms with Gasteiger partial charge in [0.15, 0.2) is 0 Å². The minimum atomic E-state index is 0.289. The van der Waals surface area contributed by atoms with Gasteiger partial charge in [0.05, 0.1) is 0 Å². The maximum absolute atomic E-state index is 10.0. The second-order valence-electron chi connectivity index (χ2n) is 5.95. The number of Topliss-reactive ketones (excluding diaryl/α,β-unsaturated/α-hetero) is 1. The molecule has 0 aliphatic carbocycles. The predicted octanol–water partition coefficient (Wildman–Crippen LogP) is 7.05. The second-order valence-corrected chi connectivity index (χ2v) is 5.95. The average molecular weight is 307 g/mol. The molecule has 0 atom stereocenters. The first-order chi connectivity index (χ1) is 10.5. The van der Waals surface area contributed by atoms with E-state index in [1.54, 1.807) is 6.92 Å². The van der Waals surface area contributed by atoms with Crippen molar-refractivity contribution in [3.8, 4) is 0 Å². The first-order valence-electron chi connectivity index (χ1n) is 9.01. The van der Waals surface area contributed by atoms with Crippen LogP contribution in [0.25, 0.3) is 0 Å². The van der Waals surface area contributed by atoms with Crippen molar-refractivity contribution in [2.75, 3.05) is 0 Å². The van der Waals surface area contributed by atoms with Crippen LogP contribution in [0.3, 0.4) is 0 Å². The fourth-order valence-electron chi connectivity index (χ4n) is 1.87. The number of benzene rings is 1. The zero-order valence-electron chi connectivity index (χ0n) is 15.9. The summed E-state index contributed by atoms with van der Waals surface area (Å²) in [6.45, 7) is 12.4. The smallest absolute Gasteiger partial charge is 0.129 e. The maximum Gasteiger partial charge on any atom is 0.129 e. The minimum absolute atomic E-state index is 0.289. The lowest BCUT2D eigenvalue weighted by Crippen LogP contribution is -1.84. The average Bonchev–Trinajstić information content (AvgIpc) is 2.48. The fraction of sp³-hybridized carbons (Fsp3) is 0.667. The summed E-state index contributed by atoms with van der Waals surface area (Å²) in [5.74, 6) is 0.289. The normalized spacial score (nSPS) is 9.18. The van der Waals surface area contributed by atoms with E-state index in [1.807, 2.05) is 6.92 Å². The maximum atomic E-state index is 10.0. The molecule has 0 aliphatic heterocycles. The molecule has 0 bridgehead atoms. The van der Waals surface area contributed by atoms with Crippen molar-refractivity contribution in [1.29, 1.82) is 0 Å². The summed E-state index contributed by atoms with van der Waals surface area (Å²) in [6, 6.07) is 8.36. The fourth-order valence-corrected chi connectivity index (χ4v) is 1.87. The van der Waals surface area contributed by atoms with Gasteiger partial charge in [-0.3, -0.25) is 0 Å². The van der Waals surface area contributed by atoms with Crippen molar-refractivity contribution in [2.45, 2.75) is 92.9 Å². The van der Waals surface area contributed by atoms with Gasteiger partial charge in [0.25, 0.3) is 0 Å². The van der Waals surface area contributed by atoms with E-state index in [9.17, 15) is 4.79 Å². The number of carbonyl (C=O) groups is 1. The second kappa shape index (κ2) is 17.9. The van der Waals surface area contributed by atoms with Crippen LogP contribution in [0.15, 0.2) is 24.3 Å². The van der Waals surface area contributed by atoms with Gasteiger partial charge in [0.1, 0.15) is 5.78 Å². The van der Waals surface area contributed by atoms with Crippen LogP contribution in [0.5, 0.6) is 0 Å². The number of aryl methyl sites for hydroxylation is 2. The monoisotopic (exact) mass is 306 g/mol. The molecule has 1 aromatic rings. The summed E-state index contributed by atoms with van der Waals surface area (Å²) < 4.78 is 0. The Morgan fingerprint density at radius 3 is 1.36 bits per heavy atom. The lowest BCUT2D eigenvalue weighted by Gasteiger charge is -1.93. The number of ketones is 1. The standard InChI is InChI=1S/C8H10.C8H18.C5H10O/c1-7-5-3-4-6-8(7)2;1-3-5-7-8-6-4-2;1-3-4-5(2)6/h3-6H,1-2H3;3-8H2,1-2H3;3-4H2,1-2H3. The van der Waals surface area contributed by atoms with Gasteiger partial charge in [-0.15, -0.1) is 0 Å². The molecule has 0 amide bonds. The Hall–Kier alpha value is -1.11. The Balaban J connectivity index is 0. The van der Waals surface area contributed by atoms with Crippen LogP contribution >= 0.6 is 0 Å². The summed E-state index contributed by atoms with van der Waals surface area (Å²) in [6.07, 6.45) is 10.2. The molecule has 0 saturated heterocycles. The molecule has 0 spiro atoms. The third kappa shape index (κ3) is 18.9. The van der Waals surface area contributed by atoms with Gasteiger partial charge in [0.2, 0.25) is 0 Å². The van der Waals surface area contributed by atoms with Gasteiger partial charge >= 0.3 is 0 Å². The van der Waals surface area contributed by atoms with E-state index in [-0.39, 0.29) is 5.78 Å². The topological polar surface area (TPSA) is 17.1 Å². The zero-order valence-corrected chi connectivity index (χ0v) is 15.9. The quantitative estimate of drug-likeness (QED) is 0.493. The minimum Gasteiger partial charge on any atom is -0.300 e. The Kier molecular flexibility index (Phi) is 18.9. The molecule has 0 aliphatic rings. The number of hydrogen-bond donors (Lipinski definition) is 0. The van der Waals surface area contributed by atoms with Crippen LogP contribution in [0, 0.1) is 13.8 Å². The third-order valence-corrected chi connectivity index (χ3v) is 3.48. The summed E-state index contributed by atoms with van der Waals surface area (Å²) in [7, 11) is 0. The third-order valence-electron chi connectivity index (χ3n) is 3.48. The van der Waals surface area contributed by atoms with E-state index in [1.165, 1.54) is 49.7 Å². The highest BCUT2D eigenvalue weighted by atomic mass is 16.1. The molecule has 1 nitrogen and oxygen atoms in total. The van der Waals surface area contributed by atoms with E-state index in [0.29, 0.717) is 0 Å². The number of unbranched alkanes of at least 4 members (excludes halogenated alkanes) is 5. The SMILES string of the molecule is CCCC(C)=O.CCCCCCCC.Cc1ccccc1C. The van der Waals surface area contributed by atoms with Crippen molar-refractivity contribution < 1.29 is 4.79 Å². The highest BCUT2D eigenvalue weighted by Gasteiger charge is 1.84. The summed E-state index contributed by atoms with van der Waals surface area (Å²) in [5.41, 5.74) is 2.74. The number of hydrogen-bond acceptors (Lipinski definition) is 1. The highest BCUT2D eigenvalue weighted by molar-refractivity contribution is 5.75. The van der Waals surface area contributed by atoms with Gasteiger partial charge < -0.3 is 4.79 Å². The van der Waals surface area contributed by atoms with Crippen LogP contribution in [-0.4, -0.2) is 5.78 Å². The molecule has 22 heavy (non-hydrogen) atoms. The predicted molar refractivity (Wildman–Crippen MR) is 101 cm³/mol. The van der Waals surface area contributed by atoms with Crippen molar-refractivity contribution in [2.24, 2.45) is 0 Å². The van der Waals surface area contributed by atoms with E-state index in [2.05, 4.69) is 52.0 Å². The van der Waals surface area contributed by atoms with Gasteiger partial charge in [-0.2, -0.15) is 0 Å². The van der Waals surface area contributed by atoms with Crippen LogP contribution < -0.4 is 0 Å². The van der Waals surface area contributed by atoms with Crippen molar-refractivity contribution in [1.82, 2.24) is 0 Å². The van der Waals surface area contributed by atoms with Crippen LogP contribution in [0.4, 0.5) is 0 Å². The van der Waals surface area contributed by atoms with E-state index < -0.39 is 0 Å². The molecule has 0 radical (unpaired) electrons.